The van der Waals surface area contributed by atoms with Crippen molar-refractivity contribution in [3.63, 3.8) is 0 Å². The first-order valence-electron chi connectivity index (χ1n) is 10.4. The first-order chi connectivity index (χ1) is 16.3. The van der Waals surface area contributed by atoms with Gasteiger partial charge in [0, 0.05) is 5.56 Å². The fraction of sp³-hybridized carbons (Fsp3) is 0.200. The molecule has 178 valence electrons. The standard InChI is InChI=1S/C25H27N3O5S/c1-18-11-13-22(14-12-18)34(30,31)28(21-9-5-7-19(2)15-21)17-24(29)27-26-16-20-8-6-10-23(32-3)25(20)33-4/h5-16H,17H2,1-4H3,(H,27,29)/b26-16-. The molecule has 0 spiro atoms. The Morgan fingerprint density at radius 2 is 1.68 bits per heavy atom. The highest BCUT2D eigenvalue weighted by Gasteiger charge is 2.27. The van der Waals surface area contributed by atoms with Crippen LogP contribution in [0.3, 0.4) is 0 Å². The van der Waals surface area contributed by atoms with Crippen LogP contribution in [0.4, 0.5) is 5.69 Å². The molecule has 0 aliphatic heterocycles. The number of hydrazone groups is 1. The Labute approximate surface area is 199 Å². The number of nitrogens with zero attached hydrogens (tertiary/aromatic N) is 2. The van der Waals surface area contributed by atoms with E-state index in [9.17, 15) is 13.2 Å². The molecule has 8 nitrogen and oxygen atoms in total. The van der Waals surface area contributed by atoms with Gasteiger partial charge in [0.15, 0.2) is 11.5 Å². The van der Waals surface area contributed by atoms with Gasteiger partial charge in [0.1, 0.15) is 6.54 Å². The van der Waals surface area contributed by atoms with Gasteiger partial charge in [0.2, 0.25) is 0 Å². The molecule has 0 heterocycles. The van der Waals surface area contributed by atoms with E-state index in [1.165, 1.54) is 32.6 Å². The highest BCUT2D eigenvalue weighted by molar-refractivity contribution is 7.92. The van der Waals surface area contributed by atoms with E-state index in [4.69, 9.17) is 9.47 Å². The fourth-order valence-electron chi connectivity index (χ4n) is 3.29. The maximum atomic E-state index is 13.4. The number of nitrogens with one attached hydrogen (secondary N) is 1. The van der Waals surface area contributed by atoms with Crippen LogP contribution in [-0.2, 0) is 14.8 Å². The fourth-order valence-corrected chi connectivity index (χ4v) is 4.70. The molecule has 0 fully saturated rings. The molecule has 9 heteroatoms. The number of anilines is 1. The summed E-state index contributed by atoms with van der Waals surface area (Å²) in [5.41, 5.74) is 5.16. The van der Waals surface area contributed by atoms with Crippen molar-refractivity contribution in [3.05, 3.63) is 83.4 Å². The highest BCUT2D eigenvalue weighted by atomic mass is 32.2. The summed E-state index contributed by atoms with van der Waals surface area (Å²) >= 11 is 0. The summed E-state index contributed by atoms with van der Waals surface area (Å²) in [5, 5.41) is 3.97. The monoisotopic (exact) mass is 481 g/mol. The molecule has 34 heavy (non-hydrogen) atoms. The van der Waals surface area contributed by atoms with Gasteiger partial charge in [-0.05, 0) is 55.8 Å². The van der Waals surface area contributed by atoms with Gasteiger partial charge in [-0.3, -0.25) is 9.10 Å². The number of hydrogen-bond donors (Lipinski definition) is 1. The van der Waals surface area contributed by atoms with Crippen molar-refractivity contribution < 1.29 is 22.7 Å². The summed E-state index contributed by atoms with van der Waals surface area (Å²) in [6, 6.07) is 18.7. The lowest BCUT2D eigenvalue weighted by Gasteiger charge is -2.24. The average Bonchev–Trinajstić information content (AvgIpc) is 2.82. The van der Waals surface area contributed by atoms with Gasteiger partial charge in [-0.2, -0.15) is 5.10 Å². The molecule has 0 aliphatic carbocycles. The molecule has 0 aromatic heterocycles. The SMILES string of the molecule is COc1cccc(/C=N\NC(=O)CN(c2cccc(C)c2)S(=O)(=O)c2ccc(C)cc2)c1OC. The van der Waals surface area contributed by atoms with E-state index in [-0.39, 0.29) is 4.90 Å². The number of para-hydroxylation sites is 1. The molecule has 0 unspecified atom stereocenters. The zero-order valence-electron chi connectivity index (χ0n) is 19.5. The van der Waals surface area contributed by atoms with Gasteiger partial charge in [0.05, 0.1) is 31.0 Å². The van der Waals surface area contributed by atoms with Crippen molar-refractivity contribution in [2.24, 2.45) is 5.10 Å². The van der Waals surface area contributed by atoms with Crippen LogP contribution < -0.4 is 19.2 Å². The Kier molecular flexibility index (Phi) is 7.91. The van der Waals surface area contributed by atoms with Crippen LogP contribution in [0.5, 0.6) is 11.5 Å². The summed E-state index contributed by atoms with van der Waals surface area (Å²) in [5.74, 6) is 0.384. The van der Waals surface area contributed by atoms with E-state index in [1.54, 1.807) is 48.5 Å². The van der Waals surface area contributed by atoms with Gasteiger partial charge >= 0.3 is 0 Å². The van der Waals surface area contributed by atoms with Gasteiger partial charge in [-0.1, -0.05) is 35.9 Å². The smallest absolute Gasteiger partial charge is 0.264 e. The van der Waals surface area contributed by atoms with E-state index in [0.29, 0.717) is 22.7 Å². The normalized spacial score (nSPS) is 11.3. The molecular weight excluding hydrogens is 454 g/mol. The Hall–Kier alpha value is -3.85. The van der Waals surface area contributed by atoms with E-state index < -0.39 is 22.5 Å². The van der Waals surface area contributed by atoms with Crippen LogP contribution in [0.2, 0.25) is 0 Å². The number of aryl methyl sites for hydroxylation is 2. The van der Waals surface area contributed by atoms with Crippen molar-refractivity contribution in [2.45, 2.75) is 18.7 Å². The third-order valence-electron chi connectivity index (χ3n) is 5.01. The van der Waals surface area contributed by atoms with Crippen LogP contribution in [0.25, 0.3) is 0 Å². The van der Waals surface area contributed by atoms with E-state index in [0.717, 1.165) is 15.4 Å². The van der Waals surface area contributed by atoms with Crippen LogP contribution in [0, 0.1) is 13.8 Å². The number of methoxy groups -OCH3 is 2. The molecular formula is C25H27N3O5S. The topological polar surface area (TPSA) is 97.3 Å². The number of ether oxygens (including phenoxy) is 2. The molecule has 1 N–H and O–H groups in total. The van der Waals surface area contributed by atoms with Crippen LogP contribution >= 0.6 is 0 Å². The van der Waals surface area contributed by atoms with Crippen molar-refractivity contribution in [1.82, 2.24) is 5.43 Å². The van der Waals surface area contributed by atoms with Gasteiger partial charge in [0.25, 0.3) is 15.9 Å². The molecule has 0 saturated heterocycles. The number of rotatable bonds is 9. The number of amides is 1. The van der Waals surface area contributed by atoms with E-state index in [1.807, 2.05) is 19.9 Å². The minimum atomic E-state index is -4.00. The molecule has 3 rings (SSSR count). The lowest BCUT2D eigenvalue weighted by molar-refractivity contribution is -0.119. The van der Waals surface area contributed by atoms with Crippen molar-refractivity contribution in [3.8, 4) is 11.5 Å². The number of carbonyl (C=O) groups is 1. The predicted molar refractivity (Wildman–Crippen MR) is 132 cm³/mol. The third kappa shape index (κ3) is 5.74. The van der Waals surface area contributed by atoms with Gasteiger partial charge < -0.3 is 9.47 Å². The van der Waals surface area contributed by atoms with E-state index >= 15 is 0 Å². The van der Waals surface area contributed by atoms with Crippen molar-refractivity contribution >= 4 is 27.8 Å². The minimum absolute atomic E-state index is 0.0945. The zero-order chi connectivity index (χ0) is 24.7. The number of benzene rings is 3. The molecule has 0 aliphatic rings. The van der Waals surface area contributed by atoms with Crippen molar-refractivity contribution in [1.29, 1.82) is 0 Å². The summed E-state index contributed by atoms with van der Waals surface area (Å²) in [7, 11) is -0.969. The van der Waals surface area contributed by atoms with Gasteiger partial charge in [-0.15, -0.1) is 0 Å². The lowest BCUT2D eigenvalue weighted by atomic mass is 10.2. The predicted octanol–water partition coefficient (Wildman–Crippen LogP) is 3.67. The first-order valence-corrected chi connectivity index (χ1v) is 11.9. The summed E-state index contributed by atoms with van der Waals surface area (Å²) in [4.78, 5) is 12.8. The lowest BCUT2D eigenvalue weighted by Crippen LogP contribution is -2.39. The molecule has 0 radical (unpaired) electrons. The molecule has 1 amide bonds. The Bertz CT molecular complexity index is 1290. The number of hydrogen-bond acceptors (Lipinski definition) is 6. The second-order valence-corrected chi connectivity index (χ2v) is 9.40. The summed E-state index contributed by atoms with van der Waals surface area (Å²) in [6.45, 7) is 3.27. The maximum absolute atomic E-state index is 13.4. The summed E-state index contributed by atoms with van der Waals surface area (Å²) < 4.78 is 38.5. The number of sulfonamides is 1. The maximum Gasteiger partial charge on any atom is 0.264 e. The first kappa shape index (κ1) is 24.8. The Balaban J connectivity index is 1.85. The van der Waals surface area contributed by atoms with Crippen LogP contribution in [-0.4, -0.2) is 41.3 Å². The van der Waals surface area contributed by atoms with Crippen LogP contribution in [0.15, 0.2) is 76.7 Å². The highest BCUT2D eigenvalue weighted by Crippen LogP contribution is 2.29. The molecule has 3 aromatic rings. The van der Waals surface area contributed by atoms with E-state index in [2.05, 4.69) is 10.5 Å². The molecule has 0 atom stereocenters. The molecule has 0 saturated carbocycles. The molecule has 0 bridgehead atoms. The van der Waals surface area contributed by atoms with Crippen molar-refractivity contribution in [2.75, 3.05) is 25.1 Å². The largest absolute Gasteiger partial charge is 0.493 e. The minimum Gasteiger partial charge on any atom is -0.493 e. The third-order valence-corrected chi connectivity index (χ3v) is 6.80. The average molecular weight is 482 g/mol. The Morgan fingerprint density at radius 1 is 0.971 bits per heavy atom. The quantitative estimate of drug-likeness (QED) is 0.372. The zero-order valence-corrected chi connectivity index (χ0v) is 20.3. The molecule has 3 aromatic carbocycles. The van der Waals surface area contributed by atoms with Crippen LogP contribution in [0.1, 0.15) is 16.7 Å². The second kappa shape index (κ2) is 10.8. The summed E-state index contributed by atoms with van der Waals surface area (Å²) in [6.07, 6.45) is 1.41. The second-order valence-electron chi connectivity index (χ2n) is 7.54. The number of carbonyl (C=O) groups excluding carboxylic acids is 1. The Morgan fingerprint density at radius 3 is 2.32 bits per heavy atom. The van der Waals surface area contributed by atoms with Gasteiger partial charge in [-0.25, -0.2) is 13.8 Å².